The van der Waals surface area contributed by atoms with E-state index in [0.29, 0.717) is 0 Å². The Bertz CT molecular complexity index is 373. The second-order valence-electron chi connectivity index (χ2n) is 2.98. The monoisotopic (exact) mass is 158 g/mol. The molecular weight excluding hydrogens is 146 g/mol. The summed E-state index contributed by atoms with van der Waals surface area (Å²) < 4.78 is 2.18. The van der Waals surface area contributed by atoms with Crippen LogP contribution in [0.5, 0.6) is 0 Å². The summed E-state index contributed by atoms with van der Waals surface area (Å²) in [5.41, 5.74) is 1.29. The Morgan fingerprint density at radius 1 is 1.33 bits per heavy atom. The molecule has 1 nitrogen and oxygen atoms in total. The second-order valence-corrected chi connectivity index (χ2v) is 2.98. The molecule has 2 aromatic rings. The van der Waals surface area contributed by atoms with Gasteiger partial charge in [-0.2, -0.15) is 0 Å². The average molecular weight is 158 g/mol. The van der Waals surface area contributed by atoms with E-state index in [9.17, 15) is 0 Å². The maximum absolute atomic E-state index is 3.23. The lowest BCUT2D eigenvalue weighted by molar-refractivity contribution is 0.699. The van der Waals surface area contributed by atoms with Crippen LogP contribution in [-0.2, 0) is 6.54 Å². The molecule has 61 valence electrons. The summed E-state index contributed by atoms with van der Waals surface area (Å²) in [5, 5.41) is 1.28. The molecule has 2 rings (SSSR count). The highest BCUT2D eigenvalue weighted by atomic mass is 14.9. The average Bonchev–Trinajstić information content (AvgIpc) is 2.50. The lowest BCUT2D eigenvalue weighted by atomic mass is 10.2. The van der Waals surface area contributed by atoms with Crippen molar-refractivity contribution in [1.82, 2.24) is 4.57 Å². The Balaban J connectivity index is 2.55. The molecule has 0 saturated heterocycles. The minimum Gasteiger partial charge on any atom is -0.339 e. The molecule has 1 aromatic carbocycles. The molecule has 0 N–H and O–H groups in total. The third-order valence-electron chi connectivity index (χ3n) is 2.05. The molecular formula is C11H12N. The zero-order valence-electron chi connectivity index (χ0n) is 7.25. The SMILES string of the molecule is CCCn1[c]cc2ccccc21. The molecule has 0 aliphatic rings. The molecule has 0 bridgehead atoms. The molecule has 1 heteroatoms. The number of rotatable bonds is 2. The third-order valence-corrected chi connectivity index (χ3v) is 2.05. The Morgan fingerprint density at radius 3 is 3.00 bits per heavy atom. The van der Waals surface area contributed by atoms with Gasteiger partial charge >= 0.3 is 0 Å². The van der Waals surface area contributed by atoms with Crippen molar-refractivity contribution in [3.05, 3.63) is 36.5 Å². The van der Waals surface area contributed by atoms with Gasteiger partial charge in [0.2, 0.25) is 0 Å². The zero-order valence-corrected chi connectivity index (χ0v) is 7.25. The van der Waals surface area contributed by atoms with Gasteiger partial charge in [-0.1, -0.05) is 25.1 Å². The number of fused-ring (bicyclic) bond motifs is 1. The zero-order chi connectivity index (χ0) is 8.39. The molecule has 0 saturated carbocycles. The molecule has 0 spiro atoms. The predicted molar refractivity (Wildman–Crippen MR) is 51.1 cm³/mol. The number of para-hydroxylation sites is 1. The van der Waals surface area contributed by atoms with Crippen molar-refractivity contribution in [3.8, 4) is 0 Å². The van der Waals surface area contributed by atoms with Gasteiger partial charge in [-0.15, -0.1) is 0 Å². The molecule has 0 aliphatic carbocycles. The quantitative estimate of drug-likeness (QED) is 0.633. The predicted octanol–water partition coefficient (Wildman–Crippen LogP) is 2.85. The molecule has 1 heterocycles. The van der Waals surface area contributed by atoms with Crippen molar-refractivity contribution in [2.24, 2.45) is 0 Å². The summed E-state index contributed by atoms with van der Waals surface area (Å²) in [6.07, 6.45) is 4.39. The van der Waals surface area contributed by atoms with Crippen LogP contribution in [0.25, 0.3) is 10.9 Å². The van der Waals surface area contributed by atoms with Gasteiger partial charge in [0.05, 0.1) is 6.20 Å². The summed E-state index contributed by atoms with van der Waals surface area (Å²) in [5.74, 6) is 0. The highest BCUT2D eigenvalue weighted by Crippen LogP contribution is 2.14. The van der Waals surface area contributed by atoms with Crippen molar-refractivity contribution >= 4 is 10.9 Å². The Morgan fingerprint density at radius 2 is 2.17 bits per heavy atom. The molecule has 0 amide bonds. The van der Waals surface area contributed by atoms with Crippen LogP contribution >= 0.6 is 0 Å². The topological polar surface area (TPSA) is 4.93 Å². The fraction of sp³-hybridized carbons (Fsp3) is 0.273. The van der Waals surface area contributed by atoms with E-state index < -0.39 is 0 Å². The van der Waals surface area contributed by atoms with Gasteiger partial charge < -0.3 is 4.57 Å². The van der Waals surface area contributed by atoms with E-state index >= 15 is 0 Å². The summed E-state index contributed by atoms with van der Waals surface area (Å²) >= 11 is 0. The summed E-state index contributed by atoms with van der Waals surface area (Å²) in [6, 6.07) is 10.4. The first kappa shape index (κ1) is 7.41. The smallest absolute Gasteiger partial charge is 0.0659 e. The van der Waals surface area contributed by atoms with E-state index in [1.165, 1.54) is 10.9 Å². The van der Waals surface area contributed by atoms with Gasteiger partial charge in [-0.3, -0.25) is 0 Å². The van der Waals surface area contributed by atoms with E-state index in [1.807, 2.05) is 6.07 Å². The van der Waals surface area contributed by atoms with E-state index in [2.05, 4.69) is 42.0 Å². The molecule has 12 heavy (non-hydrogen) atoms. The first-order valence-electron chi connectivity index (χ1n) is 4.38. The van der Waals surface area contributed by atoms with Gasteiger partial charge in [-0.25, -0.2) is 0 Å². The maximum Gasteiger partial charge on any atom is 0.0659 e. The highest BCUT2D eigenvalue weighted by molar-refractivity contribution is 5.79. The van der Waals surface area contributed by atoms with E-state index in [4.69, 9.17) is 0 Å². The van der Waals surface area contributed by atoms with Crippen molar-refractivity contribution in [3.63, 3.8) is 0 Å². The Kier molecular flexibility index (Phi) is 1.86. The molecule has 0 fully saturated rings. The lowest BCUT2D eigenvalue weighted by Gasteiger charge is -2.00. The fourth-order valence-electron chi connectivity index (χ4n) is 1.48. The van der Waals surface area contributed by atoms with Crippen LogP contribution in [-0.4, -0.2) is 4.57 Å². The van der Waals surface area contributed by atoms with Crippen LogP contribution in [0.1, 0.15) is 13.3 Å². The minimum absolute atomic E-state index is 1.06. The van der Waals surface area contributed by atoms with Crippen LogP contribution in [0.3, 0.4) is 0 Å². The van der Waals surface area contributed by atoms with Crippen LogP contribution in [0.4, 0.5) is 0 Å². The molecule has 0 unspecified atom stereocenters. The first-order valence-corrected chi connectivity index (χ1v) is 4.38. The largest absolute Gasteiger partial charge is 0.339 e. The van der Waals surface area contributed by atoms with E-state index in [0.717, 1.165) is 13.0 Å². The Labute approximate surface area is 72.6 Å². The van der Waals surface area contributed by atoms with Gasteiger partial charge in [0, 0.05) is 17.4 Å². The van der Waals surface area contributed by atoms with Gasteiger partial charge in [0.1, 0.15) is 0 Å². The lowest BCUT2D eigenvalue weighted by Crippen LogP contribution is -1.93. The summed E-state index contributed by atoms with van der Waals surface area (Å²) in [7, 11) is 0. The summed E-state index contributed by atoms with van der Waals surface area (Å²) in [4.78, 5) is 0. The van der Waals surface area contributed by atoms with Crippen molar-refractivity contribution < 1.29 is 0 Å². The Hall–Kier alpha value is -1.24. The molecule has 1 radical (unpaired) electrons. The second kappa shape index (κ2) is 3.02. The number of aryl methyl sites for hydroxylation is 1. The van der Waals surface area contributed by atoms with E-state index in [1.54, 1.807) is 0 Å². The number of hydrogen-bond acceptors (Lipinski definition) is 0. The van der Waals surface area contributed by atoms with Gasteiger partial charge in [-0.05, 0) is 18.6 Å². The molecule has 0 aliphatic heterocycles. The number of hydrogen-bond donors (Lipinski definition) is 0. The van der Waals surface area contributed by atoms with Crippen molar-refractivity contribution in [1.29, 1.82) is 0 Å². The van der Waals surface area contributed by atoms with Gasteiger partial charge in [0.15, 0.2) is 0 Å². The van der Waals surface area contributed by atoms with Crippen LogP contribution in [0.15, 0.2) is 30.3 Å². The van der Waals surface area contributed by atoms with Crippen LogP contribution < -0.4 is 0 Å². The van der Waals surface area contributed by atoms with Crippen molar-refractivity contribution in [2.75, 3.05) is 0 Å². The van der Waals surface area contributed by atoms with Crippen molar-refractivity contribution in [2.45, 2.75) is 19.9 Å². The first-order chi connectivity index (χ1) is 5.92. The fourth-order valence-corrected chi connectivity index (χ4v) is 1.48. The maximum atomic E-state index is 3.23. The molecule has 1 aromatic heterocycles. The molecule has 0 atom stereocenters. The number of nitrogens with zero attached hydrogens (tertiary/aromatic N) is 1. The number of aromatic nitrogens is 1. The normalized spacial score (nSPS) is 10.8. The summed E-state index contributed by atoms with van der Waals surface area (Å²) in [6.45, 7) is 3.25. The van der Waals surface area contributed by atoms with E-state index in [-0.39, 0.29) is 0 Å². The standard InChI is InChI=1S/C11H12N/c1-2-8-12-9-7-10-5-3-4-6-11(10)12/h3-7H,2,8H2,1H3. The van der Waals surface area contributed by atoms with Crippen LogP contribution in [0.2, 0.25) is 0 Å². The highest BCUT2D eigenvalue weighted by Gasteiger charge is 1.97. The third kappa shape index (κ3) is 1.11. The number of benzene rings is 1. The van der Waals surface area contributed by atoms with Gasteiger partial charge in [0.25, 0.3) is 0 Å². The van der Waals surface area contributed by atoms with Crippen LogP contribution in [0, 0.1) is 6.20 Å². The minimum atomic E-state index is 1.06.